The van der Waals surface area contributed by atoms with Crippen molar-refractivity contribution in [1.82, 2.24) is 14.8 Å². The van der Waals surface area contributed by atoms with Crippen molar-refractivity contribution in [3.05, 3.63) is 72.1 Å². The quantitative estimate of drug-likeness (QED) is 0.801. The van der Waals surface area contributed by atoms with Gasteiger partial charge in [0.2, 0.25) is 0 Å². The van der Waals surface area contributed by atoms with E-state index in [1.807, 2.05) is 37.3 Å². The summed E-state index contributed by atoms with van der Waals surface area (Å²) in [4.78, 5) is 3.91. The monoisotopic (exact) mass is 307 g/mol. The Labute approximate surface area is 133 Å². The highest BCUT2D eigenvalue weighted by atomic mass is 19.1. The van der Waals surface area contributed by atoms with Crippen LogP contribution >= 0.6 is 0 Å². The molecule has 3 aromatic rings. The number of hydrogen-bond donors (Lipinski definition) is 1. The number of nitriles is 1. The van der Waals surface area contributed by atoms with Crippen molar-refractivity contribution >= 4 is 5.69 Å². The number of nitrogens with one attached hydrogen (secondary N) is 1. The highest BCUT2D eigenvalue weighted by Crippen LogP contribution is 2.24. The molecule has 23 heavy (non-hydrogen) atoms. The van der Waals surface area contributed by atoms with Gasteiger partial charge in [0, 0.05) is 6.04 Å². The Balaban J connectivity index is 1.80. The van der Waals surface area contributed by atoms with Gasteiger partial charge in [0.25, 0.3) is 0 Å². The standard InChI is InChI=1S/C17H14FN5/c1-12(22-17-4-2-3-16(18)15(17)9-19)13-5-7-14(8-6-13)23-11-20-10-21-23/h2-8,10-12,22H,1H3. The Bertz CT molecular complexity index is 834. The summed E-state index contributed by atoms with van der Waals surface area (Å²) in [6.07, 6.45) is 3.11. The first kappa shape index (κ1) is 14.7. The van der Waals surface area contributed by atoms with Gasteiger partial charge in [-0.25, -0.2) is 14.1 Å². The van der Waals surface area contributed by atoms with E-state index in [1.54, 1.807) is 23.1 Å². The average Bonchev–Trinajstić information content (AvgIpc) is 3.10. The van der Waals surface area contributed by atoms with E-state index < -0.39 is 5.82 Å². The van der Waals surface area contributed by atoms with E-state index in [0.29, 0.717) is 5.69 Å². The van der Waals surface area contributed by atoms with Gasteiger partial charge >= 0.3 is 0 Å². The molecule has 0 aliphatic carbocycles. The van der Waals surface area contributed by atoms with Crippen molar-refractivity contribution in [1.29, 1.82) is 5.26 Å². The normalized spacial score (nSPS) is 11.7. The number of halogens is 1. The molecule has 5 nitrogen and oxygen atoms in total. The van der Waals surface area contributed by atoms with Crippen LogP contribution in [0.1, 0.15) is 24.1 Å². The van der Waals surface area contributed by atoms with Crippen molar-refractivity contribution in [3.63, 3.8) is 0 Å². The zero-order chi connectivity index (χ0) is 16.2. The Kier molecular flexibility index (Phi) is 4.02. The lowest BCUT2D eigenvalue weighted by Crippen LogP contribution is -2.08. The molecule has 0 fully saturated rings. The van der Waals surface area contributed by atoms with E-state index in [4.69, 9.17) is 5.26 Å². The maximum Gasteiger partial charge on any atom is 0.143 e. The number of hydrogen-bond acceptors (Lipinski definition) is 4. The molecule has 2 aromatic carbocycles. The van der Waals surface area contributed by atoms with Crippen LogP contribution in [0.15, 0.2) is 55.1 Å². The third-order valence-corrected chi connectivity index (χ3v) is 3.57. The fraction of sp³-hybridized carbons (Fsp3) is 0.118. The van der Waals surface area contributed by atoms with Crippen LogP contribution in [0.4, 0.5) is 10.1 Å². The Morgan fingerprint density at radius 2 is 2.00 bits per heavy atom. The van der Waals surface area contributed by atoms with E-state index >= 15 is 0 Å². The van der Waals surface area contributed by atoms with E-state index in [-0.39, 0.29) is 11.6 Å². The Morgan fingerprint density at radius 3 is 2.65 bits per heavy atom. The lowest BCUT2D eigenvalue weighted by Gasteiger charge is -2.17. The molecular formula is C17H14FN5. The molecule has 1 N–H and O–H groups in total. The largest absolute Gasteiger partial charge is 0.377 e. The zero-order valence-electron chi connectivity index (χ0n) is 12.4. The van der Waals surface area contributed by atoms with Crippen molar-refractivity contribution < 1.29 is 4.39 Å². The predicted octanol–water partition coefficient (Wildman–Crippen LogP) is 3.45. The SMILES string of the molecule is CC(Nc1cccc(F)c1C#N)c1ccc(-n2cncn2)cc1. The van der Waals surface area contributed by atoms with Crippen LogP contribution in [0.3, 0.4) is 0 Å². The number of anilines is 1. The van der Waals surface area contributed by atoms with Gasteiger partial charge in [-0.2, -0.15) is 10.4 Å². The fourth-order valence-electron chi connectivity index (χ4n) is 2.33. The molecule has 3 rings (SSSR count). The summed E-state index contributed by atoms with van der Waals surface area (Å²) in [5.41, 5.74) is 2.43. The van der Waals surface area contributed by atoms with E-state index in [1.165, 1.54) is 12.4 Å². The van der Waals surface area contributed by atoms with E-state index in [9.17, 15) is 4.39 Å². The molecular weight excluding hydrogens is 293 g/mol. The van der Waals surface area contributed by atoms with Crippen LogP contribution in [-0.4, -0.2) is 14.8 Å². The van der Waals surface area contributed by atoms with E-state index in [2.05, 4.69) is 15.4 Å². The van der Waals surface area contributed by atoms with Crippen LogP contribution in [0.5, 0.6) is 0 Å². The molecule has 1 atom stereocenters. The van der Waals surface area contributed by atoms with Gasteiger partial charge in [-0.1, -0.05) is 18.2 Å². The van der Waals surface area contributed by atoms with Crippen LogP contribution in [-0.2, 0) is 0 Å². The molecule has 0 amide bonds. The topological polar surface area (TPSA) is 66.5 Å². The second kappa shape index (κ2) is 6.28. The molecule has 0 aliphatic rings. The lowest BCUT2D eigenvalue weighted by molar-refractivity contribution is 0.624. The summed E-state index contributed by atoms with van der Waals surface area (Å²) < 4.78 is 15.3. The molecule has 0 aliphatic heterocycles. The van der Waals surface area contributed by atoms with Gasteiger partial charge in [-0.15, -0.1) is 0 Å². The smallest absolute Gasteiger partial charge is 0.143 e. The van der Waals surface area contributed by atoms with Gasteiger partial charge in [0.05, 0.1) is 11.4 Å². The average molecular weight is 307 g/mol. The third kappa shape index (κ3) is 3.04. The van der Waals surface area contributed by atoms with E-state index in [0.717, 1.165) is 11.3 Å². The first-order valence-corrected chi connectivity index (χ1v) is 7.09. The summed E-state index contributed by atoms with van der Waals surface area (Å²) in [5, 5.41) is 16.3. The highest BCUT2D eigenvalue weighted by molar-refractivity contribution is 5.59. The number of nitrogens with zero attached hydrogens (tertiary/aromatic N) is 4. The van der Waals surface area contributed by atoms with Gasteiger partial charge in [0.15, 0.2) is 0 Å². The van der Waals surface area contributed by atoms with Gasteiger partial charge in [0.1, 0.15) is 30.1 Å². The van der Waals surface area contributed by atoms with Crippen LogP contribution in [0.25, 0.3) is 5.69 Å². The highest BCUT2D eigenvalue weighted by Gasteiger charge is 2.11. The van der Waals surface area contributed by atoms with Crippen molar-refractivity contribution in [2.45, 2.75) is 13.0 Å². The fourth-order valence-corrected chi connectivity index (χ4v) is 2.33. The summed E-state index contributed by atoms with van der Waals surface area (Å²) >= 11 is 0. The molecule has 0 radical (unpaired) electrons. The predicted molar refractivity (Wildman–Crippen MR) is 84.5 cm³/mol. The second-order valence-electron chi connectivity index (χ2n) is 5.07. The minimum absolute atomic E-state index is 0.0265. The maximum atomic E-state index is 13.6. The second-order valence-corrected chi connectivity index (χ2v) is 5.07. The summed E-state index contributed by atoms with van der Waals surface area (Å²) in [5.74, 6) is -0.522. The van der Waals surface area contributed by atoms with Crippen LogP contribution in [0, 0.1) is 17.1 Å². The molecule has 1 unspecified atom stereocenters. The molecule has 114 valence electrons. The first-order valence-electron chi connectivity index (χ1n) is 7.09. The van der Waals surface area contributed by atoms with Crippen molar-refractivity contribution in [2.24, 2.45) is 0 Å². The third-order valence-electron chi connectivity index (χ3n) is 3.57. The summed E-state index contributed by atoms with van der Waals surface area (Å²) in [6, 6.07) is 14.2. The van der Waals surface area contributed by atoms with Gasteiger partial charge < -0.3 is 5.32 Å². The van der Waals surface area contributed by atoms with Crippen molar-refractivity contribution in [2.75, 3.05) is 5.32 Å². The summed E-state index contributed by atoms with van der Waals surface area (Å²) in [7, 11) is 0. The minimum atomic E-state index is -0.522. The van der Waals surface area contributed by atoms with Crippen LogP contribution in [0.2, 0.25) is 0 Å². The molecule has 0 spiro atoms. The number of rotatable bonds is 4. The van der Waals surface area contributed by atoms with Crippen LogP contribution < -0.4 is 5.32 Å². The Hall–Kier alpha value is -3.20. The molecule has 0 saturated heterocycles. The summed E-state index contributed by atoms with van der Waals surface area (Å²) in [6.45, 7) is 1.95. The lowest BCUT2D eigenvalue weighted by atomic mass is 10.1. The molecule has 1 heterocycles. The molecule has 6 heteroatoms. The molecule has 0 bridgehead atoms. The van der Waals surface area contributed by atoms with Crippen molar-refractivity contribution in [3.8, 4) is 11.8 Å². The molecule has 1 aromatic heterocycles. The Morgan fingerprint density at radius 1 is 1.22 bits per heavy atom. The maximum absolute atomic E-state index is 13.6. The first-order chi connectivity index (χ1) is 11.2. The zero-order valence-corrected chi connectivity index (χ0v) is 12.4. The van der Waals surface area contributed by atoms with Gasteiger partial charge in [-0.3, -0.25) is 0 Å². The number of benzene rings is 2. The molecule has 0 saturated carbocycles. The minimum Gasteiger partial charge on any atom is -0.377 e. The van der Waals surface area contributed by atoms with Gasteiger partial charge in [-0.05, 0) is 36.8 Å². The number of aromatic nitrogens is 3.